The molecule has 0 aliphatic rings. The molecule has 0 unspecified atom stereocenters. The first-order valence-corrected chi connectivity index (χ1v) is 3.64. The van der Waals surface area contributed by atoms with Crippen molar-refractivity contribution in [1.82, 2.24) is 0 Å². The van der Waals surface area contributed by atoms with Gasteiger partial charge in [0.1, 0.15) is 0 Å². The number of anilines is 2. The Morgan fingerprint density at radius 3 is 2.75 bits per heavy atom. The number of hydrogen-bond donors (Lipinski definition) is 1. The van der Waals surface area contributed by atoms with Crippen molar-refractivity contribution in [3.05, 3.63) is 24.3 Å². The smallest absolute Gasteiger partial charge is 0.314 e. The molecule has 0 spiro atoms. The SMILES string of the molecule is CN(C)c1cccc(N[C]=O)c1. The zero-order valence-electron chi connectivity index (χ0n) is 7.16. The van der Waals surface area contributed by atoms with Gasteiger partial charge < -0.3 is 10.2 Å². The van der Waals surface area contributed by atoms with E-state index in [4.69, 9.17) is 0 Å². The summed E-state index contributed by atoms with van der Waals surface area (Å²) in [7, 11) is 3.90. The van der Waals surface area contributed by atoms with E-state index in [1.54, 1.807) is 6.41 Å². The Kier molecular flexibility index (Phi) is 2.69. The molecule has 3 heteroatoms. The van der Waals surface area contributed by atoms with Crippen LogP contribution in [0.15, 0.2) is 24.3 Å². The van der Waals surface area contributed by atoms with Crippen molar-refractivity contribution in [3.8, 4) is 0 Å². The van der Waals surface area contributed by atoms with Crippen molar-refractivity contribution in [1.29, 1.82) is 0 Å². The molecule has 0 aliphatic heterocycles. The number of nitrogens with one attached hydrogen (secondary N) is 1. The summed E-state index contributed by atoms with van der Waals surface area (Å²) in [6.07, 6.45) is 1.63. The third kappa shape index (κ3) is 1.99. The van der Waals surface area contributed by atoms with E-state index in [1.807, 2.05) is 43.3 Å². The molecule has 0 saturated carbocycles. The van der Waals surface area contributed by atoms with E-state index in [2.05, 4.69) is 5.32 Å². The van der Waals surface area contributed by atoms with Crippen LogP contribution in [0, 0.1) is 0 Å². The first-order chi connectivity index (χ1) is 5.74. The summed E-state index contributed by atoms with van der Waals surface area (Å²) < 4.78 is 0. The molecule has 1 amide bonds. The van der Waals surface area contributed by atoms with Gasteiger partial charge in [-0.1, -0.05) is 6.07 Å². The van der Waals surface area contributed by atoms with Crippen LogP contribution in [-0.4, -0.2) is 20.5 Å². The lowest BCUT2D eigenvalue weighted by Gasteiger charge is -2.12. The zero-order chi connectivity index (χ0) is 8.97. The van der Waals surface area contributed by atoms with Crippen molar-refractivity contribution >= 4 is 17.8 Å². The monoisotopic (exact) mass is 163 g/mol. The Morgan fingerprint density at radius 2 is 2.17 bits per heavy atom. The van der Waals surface area contributed by atoms with Crippen LogP contribution in [0.25, 0.3) is 0 Å². The third-order valence-corrected chi connectivity index (χ3v) is 1.56. The van der Waals surface area contributed by atoms with Crippen LogP contribution in [0.4, 0.5) is 11.4 Å². The third-order valence-electron chi connectivity index (χ3n) is 1.56. The van der Waals surface area contributed by atoms with Crippen molar-refractivity contribution in [2.24, 2.45) is 0 Å². The minimum absolute atomic E-state index is 0.760. The van der Waals surface area contributed by atoms with E-state index in [1.165, 1.54) is 0 Å². The van der Waals surface area contributed by atoms with Crippen LogP contribution in [0.1, 0.15) is 0 Å². The maximum absolute atomic E-state index is 10.0. The van der Waals surface area contributed by atoms with Gasteiger partial charge in [0, 0.05) is 25.5 Å². The normalized spacial score (nSPS) is 9.17. The number of hydrogen-bond acceptors (Lipinski definition) is 2. The standard InChI is InChI=1S/C9H11N2O/c1-11(2)9-5-3-4-8(6-9)10-7-12/h3-6H,1-2H3,(H,10,12). The fourth-order valence-corrected chi connectivity index (χ4v) is 0.921. The molecule has 0 heterocycles. The lowest BCUT2D eigenvalue weighted by atomic mass is 10.2. The highest BCUT2D eigenvalue weighted by Crippen LogP contribution is 2.16. The van der Waals surface area contributed by atoms with E-state index >= 15 is 0 Å². The second kappa shape index (κ2) is 3.76. The molecule has 3 nitrogen and oxygen atoms in total. The van der Waals surface area contributed by atoms with Crippen LogP contribution in [0.3, 0.4) is 0 Å². The molecule has 63 valence electrons. The summed E-state index contributed by atoms with van der Waals surface area (Å²) in [6.45, 7) is 0. The van der Waals surface area contributed by atoms with Crippen molar-refractivity contribution in [3.63, 3.8) is 0 Å². The van der Waals surface area contributed by atoms with Gasteiger partial charge in [-0.05, 0) is 18.2 Å². The molecule has 1 aromatic rings. The highest BCUT2D eigenvalue weighted by Gasteiger charge is 1.95. The Labute approximate surface area is 72.0 Å². The van der Waals surface area contributed by atoms with Crippen LogP contribution >= 0.6 is 0 Å². The Morgan fingerprint density at radius 1 is 1.42 bits per heavy atom. The lowest BCUT2D eigenvalue weighted by molar-refractivity contribution is 0.561. The van der Waals surface area contributed by atoms with Gasteiger partial charge in [-0.3, -0.25) is 4.79 Å². The fourth-order valence-electron chi connectivity index (χ4n) is 0.921. The largest absolute Gasteiger partial charge is 0.378 e. The fraction of sp³-hybridized carbons (Fsp3) is 0.222. The van der Waals surface area contributed by atoms with E-state index in [9.17, 15) is 4.79 Å². The molecule has 0 bridgehead atoms. The second-order valence-corrected chi connectivity index (χ2v) is 2.67. The number of benzene rings is 1. The lowest BCUT2D eigenvalue weighted by Crippen LogP contribution is -2.08. The molecule has 0 atom stereocenters. The van der Waals surface area contributed by atoms with Crippen LogP contribution in [0.5, 0.6) is 0 Å². The van der Waals surface area contributed by atoms with Gasteiger partial charge >= 0.3 is 6.41 Å². The highest BCUT2D eigenvalue weighted by atomic mass is 16.1. The van der Waals surface area contributed by atoms with Crippen LogP contribution in [-0.2, 0) is 4.79 Å². The maximum atomic E-state index is 10.0. The predicted molar refractivity (Wildman–Crippen MR) is 50.1 cm³/mol. The molecular formula is C9H11N2O. The van der Waals surface area contributed by atoms with E-state index in [0.717, 1.165) is 11.4 Å². The molecule has 0 fully saturated rings. The van der Waals surface area contributed by atoms with Gasteiger partial charge in [0.05, 0.1) is 0 Å². The first kappa shape index (κ1) is 8.59. The van der Waals surface area contributed by atoms with Gasteiger partial charge in [0.25, 0.3) is 0 Å². The molecule has 1 radical (unpaired) electrons. The molecule has 1 aromatic carbocycles. The van der Waals surface area contributed by atoms with Gasteiger partial charge in [0.2, 0.25) is 0 Å². The predicted octanol–water partition coefficient (Wildman–Crippen LogP) is 1.23. The first-order valence-electron chi connectivity index (χ1n) is 3.64. The summed E-state index contributed by atoms with van der Waals surface area (Å²) in [6, 6.07) is 7.55. The number of amides is 1. The average molecular weight is 163 g/mol. The van der Waals surface area contributed by atoms with Gasteiger partial charge in [0.15, 0.2) is 0 Å². The minimum Gasteiger partial charge on any atom is -0.378 e. The number of rotatable bonds is 3. The van der Waals surface area contributed by atoms with Crippen molar-refractivity contribution in [2.75, 3.05) is 24.3 Å². The summed E-state index contributed by atoms with van der Waals surface area (Å²) in [4.78, 5) is 12.0. The maximum Gasteiger partial charge on any atom is 0.314 e. The molecule has 1 N–H and O–H groups in total. The Hall–Kier alpha value is -1.51. The summed E-state index contributed by atoms with van der Waals surface area (Å²) in [5.41, 5.74) is 1.81. The van der Waals surface area contributed by atoms with Gasteiger partial charge in [-0.15, -0.1) is 0 Å². The zero-order valence-corrected chi connectivity index (χ0v) is 7.16. The minimum atomic E-state index is 0.760. The number of nitrogens with zero attached hydrogens (tertiary/aromatic N) is 1. The highest BCUT2D eigenvalue weighted by molar-refractivity contribution is 5.73. The summed E-state index contributed by atoms with van der Waals surface area (Å²) in [5, 5.41) is 2.47. The second-order valence-electron chi connectivity index (χ2n) is 2.67. The van der Waals surface area contributed by atoms with E-state index in [-0.39, 0.29) is 0 Å². The van der Waals surface area contributed by atoms with E-state index < -0.39 is 0 Å². The molecule has 0 aromatic heterocycles. The summed E-state index contributed by atoms with van der Waals surface area (Å²) >= 11 is 0. The van der Waals surface area contributed by atoms with Crippen LogP contribution in [0.2, 0.25) is 0 Å². The Bertz CT molecular complexity index is 271. The average Bonchev–Trinajstić information content (AvgIpc) is 2.05. The topological polar surface area (TPSA) is 32.3 Å². The molecule has 12 heavy (non-hydrogen) atoms. The van der Waals surface area contributed by atoms with E-state index in [0.29, 0.717) is 0 Å². The van der Waals surface area contributed by atoms with Crippen molar-refractivity contribution in [2.45, 2.75) is 0 Å². The summed E-state index contributed by atoms with van der Waals surface area (Å²) in [5.74, 6) is 0. The van der Waals surface area contributed by atoms with Gasteiger partial charge in [-0.2, -0.15) is 0 Å². The van der Waals surface area contributed by atoms with Gasteiger partial charge in [-0.25, -0.2) is 0 Å². The van der Waals surface area contributed by atoms with Crippen LogP contribution < -0.4 is 10.2 Å². The molecular weight excluding hydrogens is 152 g/mol. The number of carbonyl (C=O) groups excluding carboxylic acids is 1. The Balaban J connectivity index is 2.87. The molecule has 0 aliphatic carbocycles. The molecule has 0 saturated heterocycles. The quantitative estimate of drug-likeness (QED) is 0.680. The van der Waals surface area contributed by atoms with Crippen molar-refractivity contribution < 1.29 is 4.79 Å². The molecule has 1 rings (SSSR count).